The summed E-state index contributed by atoms with van der Waals surface area (Å²) in [4.78, 5) is 11.2. The fraction of sp³-hybridized carbons (Fsp3) is 0.333. The summed E-state index contributed by atoms with van der Waals surface area (Å²) in [5.41, 5.74) is 0.859. The SMILES string of the molecule is COC(=O)C(C)NS(=O)(=O)Cc1cccc(C#N)c1. The van der Waals surface area contributed by atoms with Gasteiger partial charge in [-0.05, 0) is 24.6 Å². The van der Waals surface area contributed by atoms with Crippen molar-refractivity contribution in [2.24, 2.45) is 0 Å². The maximum Gasteiger partial charge on any atom is 0.323 e. The first-order valence-electron chi connectivity index (χ1n) is 5.45. The van der Waals surface area contributed by atoms with Crippen LogP contribution in [-0.4, -0.2) is 27.5 Å². The standard InChI is InChI=1S/C12H14N2O4S/c1-9(12(15)18-2)14-19(16,17)8-11-5-3-4-10(6-11)7-13/h3-6,9,14H,8H2,1-2H3. The molecule has 0 aliphatic rings. The Labute approximate surface area is 112 Å². The van der Waals surface area contributed by atoms with Gasteiger partial charge in [0.2, 0.25) is 10.0 Å². The maximum absolute atomic E-state index is 11.8. The minimum atomic E-state index is -3.67. The van der Waals surface area contributed by atoms with Crippen molar-refractivity contribution in [1.29, 1.82) is 5.26 Å². The molecule has 0 saturated heterocycles. The van der Waals surface area contributed by atoms with Crippen molar-refractivity contribution in [1.82, 2.24) is 4.72 Å². The lowest BCUT2D eigenvalue weighted by molar-refractivity contribution is -0.142. The lowest BCUT2D eigenvalue weighted by atomic mass is 10.2. The predicted molar refractivity (Wildman–Crippen MR) is 68.4 cm³/mol. The Morgan fingerprint density at radius 3 is 2.79 bits per heavy atom. The van der Waals surface area contributed by atoms with Gasteiger partial charge in [0.25, 0.3) is 0 Å². The molecular formula is C12H14N2O4S. The molecule has 0 aliphatic heterocycles. The molecule has 7 heteroatoms. The molecule has 102 valence electrons. The van der Waals surface area contributed by atoms with Crippen LogP contribution in [0.4, 0.5) is 0 Å². The van der Waals surface area contributed by atoms with Gasteiger partial charge in [-0.25, -0.2) is 13.1 Å². The summed E-state index contributed by atoms with van der Waals surface area (Å²) in [7, 11) is -2.49. The normalized spacial score (nSPS) is 12.5. The molecule has 0 bridgehead atoms. The molecule has 1 rings (SSSR count). The van der Waals surface area contributed by atoms with Crippen molar-refractivity contribution in [2.75, 3.05) is 7.11 Å². The van der Waals surface area contributed by atoms with Crippen LogP contribution < -0.4 is 4.72 Å². The van der Waals surface area contributed by atoms with E-state index >= 15 is 0 Å². The number of rotatable bonds is 5. The van der Waals surface area contributed by atoms with Crippen molar-refractivity contribution in [2.45, 2.75) is 18.7 Å². The second-order valence-electron chi connectivity index (χ2n) is 3.93. The third-order valence-electron chi connectivity index (χ3n) is 2.32. The molecule has 1 aromatic carbocycles. The highest BCUT2D eigenvalue weighted by molar-refractivity contribution is 7.88. The second kappa shape index (κ2) is 6.31. The van der Waals surface area contributed by atoms with E-state index in [1.54, 1.807) is 18.2 Å². The summed E-state index contributed by atoms with van der Waals surface area (Å²) >= 11 is 0. The second-order valence-corrected chi connectivity index (χ2v) is 5.69. The monoisotopic (exact) mass is 282 g/mol. The van der Waals surface area contributed by atoms with Crippen molar-refractivity contribution < 1.29 is 17.9 Å². The Hall–Kier alpha value is -1.91. The van der Waals surface area contributed by atoms with Gasteiger partial charge in [0.15, 0.2) is 0 Å². The maximum atomic E-state index is 11.8. The predicted octanol–water partition coefficient (Wildman–Crippen LogP) is 0.539. The molecule has 0 amide bonds. The number of methoxy groups -OCH3 is 1. The minimum absolute atomic E-state index is 0.302. The Morgan fingerprint density at radius 1 is 1.53 bits per heavy atom. The first-order chi connectivity index (χ1) is 8.88. The van der Waals surface area contributed by atoms with E-state index in [-0.39, 0.29) is 5.75 Å². The van der Waals surface area contributed by atoms with Crippen molar-refractivity contribution >= 4 is 16.0 Å². The van der Waals surface area contributed by atoms with Crippen LogP contribution in [0.2, 0.25) is 0 Å². The molecule has 1 aromatic rings. The highest BCUT2D eigenvalue weighted by Crippen LogP contribution is 2.08. The largest absolute Gasteiger partial charge is 0.468 e. The molecular weight excluding hydrogens is 268 g/mol. The van der Waals surface area contributed by atoms with E-state index in [4.69, 9.17) is 5.26 Å². The molecule has 0 heterocycles. The Morgan fingerprint density at radius 2 is 2.21 bits per heavy atom. The molecule has 6 nitrogen and oxygen atoms in total. The quantitative estimate of drug-likeness (QED) is 0.795. The number of hydrogen-bond donors (Lipinski definition) is 1. The van der Waals surface area contributed by atoms with E-state index in [9.17, 15) is 13.2 Å². The Bertz CT molecular complexity index is 604. The number of esters is 1. The number of sulfonamides is 1. The molecule has 0 spiro atoms. The van der Waals surface area contributed by atoms with Gasteiger partial charge in [0.1, 0.15) is 6.04 Å². The lowest BCUT2D eigenvalue weighted by Crippen LogP contribution is -2.39. The average Bonchev–Trinajstić information content (AvgIpc) is 2.36. The van der Waals surface area contributed by atoms with Crippen LogP contribution in [0.1, 0.15) is 18.1 Å². The summed E-state index contributed by atoms with van der Waals surface area (Å²) < 4.78 is 30.3. The van der Waals surface area contributed by atoms with Gasteiger partial charge in [-0.3, -0.25) is 4.79 Å². The smallest absolute Gasteiger partial charge is 0.323 e. The molecule has 0 aromatic heterocycles. The number of nitriles is 1. The van der Waals surface area contributed by atoms with Gasteiger partial charge in [-0.2, -0.15) is 5.26 Å². The number of benzene rings is 1. The van der Waals surface area contributed by atoms with Crippen LogP contribution in [0.15, 0.2) is 24.3 Å². The van der Waals surface area contributed by atoms with Crippen molar-refractivity contribution in [3.8, 4) is 6.07 Å². The fourth-order valence-electron chi connectivity index (χ4n) is 1.49. The zero-order valence-corrected chi connectivity index (χ0v) is 11.4. The van der Waals surface area contributed by atoms with Gasteiger partial charge in [-0.1, -0.05) is 12.1 Å². The molecule has 19 heavy (non-hydrogen) atoms. The van der Waals surface area contributed by atoms with E-state index in [1.165, 1.54) is 20.1 Å². The van der Waals surface area contributed by atoms with Gasteiger partial charge in [0.05, 0.1) is 24.5 Å². The number of nitrogens with one attached hydrogen (secondary N) is 1. The van der Waals surface area contributed by atoms with Crippen LogP contribution in [0.25, 0.3) is 0 Å². The highest BCUT2D eigenvalue weighted by atomic mass is 32.2. The fourth-order valence-corrected chi connectivity index (χ4v) is 2.82. The number of carbonyl (C=O) groups excluding carboxylic acids is 1. The van der Waals surface area contributed by atoms with Gasteiger partial charge < -0.3 is 4.74 Å². The van der Waals surface area contributed by atoms with E-state index in [2.05, 4.69) is 9.46 Å². The van der Waals surface area contributed by atoms with Gasteiger partial charge in [-0.15, -0.1) is 0 Å². The molecule has 0 radical (unpaired) electrons. The van der Waals surface area contributed by atoms with Crippen LogP contribution in [0.5, 0.6) is 0 Å². The highest BCUT2D eigenvalue weighted by Gasteiger charge is 2.21. The third-order valence-corrected chi connectivity index (χ3v) is 3.75. The Kier molecular flexibility index (Phi) is 5.03. The van der Waals surface area contributed by atoms with Crippen LogP contribution >= 0.6 is 0 Å². The third kappa shape index (κ3) is 4.69. The first kappa shape index (κ1) is 15.1. The summed E-state index contributed by atoms with van der Waals surface area (Å²) in [6.07, 6.45) is 0. The van der Waals surface area contributed by atoms with E-state index in [0.717, 1.165) is 0 Å². The minimum Gasteiger partial charge on any atom is -0.468 e. The average molecular weight is 282 g/mol. The zero-order chi connectivity index (χ0) is 14.5. The molecule has 0 fully saturated rings. The summed E-state index contributed by atoms with van der Waals surface area (Å²) in [5, 5.41) is 8.73. The van der Waals surface area contributed by atoms with Crippen molar-refractivity contribution in [3.63, 3.8) is 0 Å². The number of carbonyl (C=O) groups is 1. The van der Waals surface area contributed by atoms with E-state index in [1.807, 2.05) is 6.07 Å². The van der Waals surface area contributed by atoms with Crippen LogP contribution in [0, 0.1) is 11.3 Å². The molecule has 1 unspecified atom stereocenters. The molecule has 0 aliphatic carbocycles. The first-order valence-corrected chi connectivity index (χ1v) is 7.10. The van der Waals surface area contributed by atoms with Crippen LogP contribution in [-0.2, 0) is 25.3 Å². The summed E-state index contributed by atoms with van der Waals surface area (Å²) in [5.74, 6) is -0.960. The molecule has 0 saturated carbocycles. The number of ether oxygens (including phenoxy) is 1. The van der Waals surface area contributed by atoms with Crippen molar-refractivity contribution in [3.05, 3.63) is 35.4 Å². The lowest BCUT2D eigenvalue weighted by Gasteiger charge is -2.12. The summed E-state index contributed by atoms with van der Waals surface area (Å²) in [6.45, 7) is 1.40. The number of nitrogens with zero attached hydrogens (tertiary/aromatic N) is 1. The zero-order valence-electron chi connectivity index (χ0n) is 10.6. The van der Waals surface area contributed by atoms with Crippen LogP contribution in [0.3, 0.4) is 0 Å². The Balaban J connectivity index is 2.80. The molecule has 1 atom stereocenters. The van der Waals surface area contributed by atoms with E-state index in [0.29, 0.717) is 11.1 Å². The van der Waals surface area contributed by atoms with E-state index < -0.39 is 22.0 Å². The molecule has 1 N–H and O–H groups in total. The number of hydrogen-bond acceptors (Lipinski definition) is 5. The van der Waals surface area contributed by atoms with Gasteiger partial charge in [0, 0.05) is 0 Å². The topological polar surface area (TPSA) is 96.3 Å². The summed E-state index contributed by atoms with van der Waals surface area (Å²) in [6, 6.07) is 7.26. The van der Waals surface area contributed by atoms with Gasteiger partial charge >= 0.3 is 5.97 Å².